The second kappa shape index (κ2) is 5.87. The topological polar surface area (TPSA) is 75.7 Å². The zero-order chi connectivity index (χ0) is 15.6. The van der Waals surface area contributed by atoms with Gasteiger partial charge in [0.15, 0.2) is 0 Å². The molecule has 1 N–H and O–H groups in total. The molecule has 3 amide bonds. The van der Waals surface area contributed by atoms with Gasteiger partial charge in [-0.05, 0) is 38.5 Å². The number of esters is 1. The highest BCUT2D eigenvalue weighted by molar-refractivity contribution is 6.07. The fraction of sp³-hybridized carbons (Fsp3) is 0.667. The van der Waals surface area contributed by atoms with Crippen LogP contribution in [0.15, 0.2) is 11.6 Å². The molecule has 6 nitrogen and oxygen atoms in total. The van der Waals surface area contributed by atoms with Crippen LogP contribution in [0.1, 0.15) is 39.5 Å². The van der Waals surface area contributed by atoms with E-state index < -0.39 is 11.5 Å². The first kappa shape index (κ1) is 15.5. The van der Waals surface area contributed by atoms with E-state index in [0.29, 0.717) is 24.3 Å². The number of carbonyl (C=O) groups is 3. The van der Waals surface area contributed by atoms with E-state index in [4.69, 9.17) is 0 Å². The Morgan fingerprint density at radius 1 is 1.43 bits per heavy atom. The Morgan fingerprint density at radius 2 is 2.05 bits per heavy atom. The zero-order valence-corrected chi connectivity index (χ0v) is 12.8. The summed E-state index contributed by atoms with van der Waals surface area (Å²) in [5, 5.41) is 2.85. The standard InChI is InChI=1S/C15H22N2O4/c1-10-4-7-15(8-5-10)13(19)17(14(20)16-15)9-6-11(2)12(18)21-3/h6,10H,4-5,7-9H2,1-3H3,(H,16,20). The highest BCUT2D eigenvalue weighted by atomic mass is 16.5. The SMILES string of the molecule is COC(=O)C(C)=CCN1C(=O)NC2(CCC(C)CC2)C1=O. The van der Waals surface area contributed by atoms with Crippen LogP contribution in [-0.4, -0.2) is 42.0 Å². The summed E-state index contributed by atoms with van der Waals surface area (Å²) in [6, 6.07) is -0.372. The third-order valence-corrected chi connectivity index (χ3v) is 4.46. The van der Waals surface area contributed by atoms with Crippen molar-refractivity contribution in [1.29, 1.82) is 0 Å². The van der Waals surface area contributed by atoms with Crippen molar-refractivity contribution in [2.45, 2.75) is 45.1 Å². The number of urea groups is 1. The van der Waals surface area contributed by atoms with E-state index in [1.54, 1.807) is 13.0 Å². The lowest BCUT2D eigenvalue weighted by Crippen LogP contribution is -2.49. The lowest BCUT2D eigenvalue weighted by Gasteiger charge is -2.33. The molecule has 1 saturated carbocycles. The summed E-state index contributed by atoms with van der Waals surface area (Å²) in [5.74, 6) is -0.0348. The molecule has 1 heterocycles. The third-order valence-electron chi connectivity index (χ3n) is 4.46. The number of nitrogens with one attached hydrogen (secondary N) is 1. The molecule has 1 saturated heterocycles. The predicted molar refractivity (Wildman–Crippen MR) is 76.4 cm³/mol. The van der Waals surface area contributed by atoms with Crippen molar-refractivity contribution < 1.29 is 19.1 Å². The maximum atomic E-state index is 12.5. The van der Waals surface area contributed by atoms with Crippen molar-refractivity contribution in [1.82, 2.24) is 10.2 Å². The number of carbonyl (C=O) groups excluding carboxylic acids is 3. The highest BCUT2D eigenvalue weighted by Gasteiger charge is 2.51. The Kier molecular flexibility index (Phi) is 4.34. The second-order valence-electron chi connectivity index (χ2n) is 5.99. The molecule has 0 aromatic heterocycles. The Bertz CT molecular complexity index is 490. The average Bonchev–Trinajstić information content (AvgIpc) is 2.70. The molecule has 21 heavy (non-hydrogen) atoms. The van der Waals surface area contributed by atoms with E-state index >= 15 is 0 Å². The smallest absolute Gasteiger partial charge is 0.333 e. The molecule has 1 aliphatic carbocycles. The van der Waals surface area contributed by atoms with Crippen molar-refractivity contribution in [2.24, 2.45) is 5.92 Å². The third kappa shape index (κ3) is 2.94. The van der Waals surface area contributed by atoms with Crippen molar-refractivity contribution in [3.63, 3.8) is 0 Å². The highest BCUT2D eigenvalue weighted by Crippen LogP contribution is 2.36. The molecule has 0 bridgehead atoms. The van der Waals surface area contributed by atoms with Gasteiger partial charge in [-0.25, -0.2) is 9.59 Å². The van der Waals surface area contributed by atoms with Crippen molar-refractivity contribution >= 4 is 17.9 Å². The fourth-order valence-electron chi connectivity index (χ4n) is 2.91. The second-order valence-corrected chi connectivity index (χ2v) is 5.99. The lowest BCUT2D eigenvalue weighted by atomic mass is 9.77. The molecule has 0 aromatic rings. The summed E-state index contributed by atoms with van der Waals surface area (Å²) in [6.45, 7) is 3.86. The van der Waals surface area contributed by atoms with Crippen molar-refractivity contribution in [3.05, 3.63) is 11.6 Å². The summed E-state index contributed by atoms with van der Waals surface area (Å²) >= 11 is 0. The van der Waals surface area contributed by atoms with Gasteiger partial charge in [-0.15, -0.1) is 0 Å². The van der Waals surface area contributed by atoms with Gasteiger partial charge < -0.3 is 10.1 Å². The molecule has 0 aromatic carbocycles. The van der Waals surface area contributed by atoms with Gasteiger partial charge in [0.1, 0.15) is 5.54 Å². The van der Waals surface area contributed by atoms with E-state index in [-0.39, 0.29) is 18.5 Å². The number of imide groups is 1. The van der Waals surface area contributed by atoms with Crippen LogP contribution in [-0.2, 0) is 14.3 Å². The summed E-state index contributed by atoms with van der Waals surface area (Å²) in [7, 11) is 1.30. The van der Waals surface area contributed by atoms with E-state index in [9.17, 15) is 14.4 Å². The maximum Gasteiger partial charge on any atom is 0.333 e. The van der Waals surface area contributed by atoms with Gasteiger partial charge in [0.25, 0.3) is 5.91 Å². The van der Waals surface area contributed by atoms with Crippen LogP contribution < -0.4 is 5.32 Å². The van der Waals surface area contributed by atoms with Crippen LogP contribution >= 0.6 is 0 Å². The number of hydrogen-bond acceptors (Lipinski definition) is 4. The van der Waals surface area contributed by atoms with E-state index in [1.165, 1.54) is 12.0 Å². The van der Waals surface area contributed by atoms with Crippen LogP contribution in [0.3, 0.4) is 0 Å². The van der Waals surface area contributed by atoms with Gasteiger partial charge in [0, 0.05) is 12.1 Å². The Labute approximate surface area is 124 Å². The first-order valence-electron chi connectivity index (χ1n) is 7.29. The number of rotatable bonds is 3. The molecule has 1 aliphatic heterocycles. The minimum absolute atomic E-state index is 0.100. The molecule has 1 spiro atoms. The minimum Gasteiger partial charge on any atom is -0.466 e. The monoisotopic (exact) mass is 294 g/mol. The molecule has 0 radical (unpaired) electrons. The fourth-order valence-corrected chi connectivity index (χ4v) is 2.91. The van der Waals surface area contributed by atoms with Crippen LogP contribution in [0.4, 0.5) is 4.79 Å². The van der Waals surface area contributed by atoms with Crippen LogP contribution in [0, 0.1) is 5.92 Å². The summed E-state index contributed by atoms with van der Waals surface area (Å²) in [4.78, 5) is 37.1. The number of ether oxygens (including phenoxy) is 1. The van der Waals surface area contributed by atoms with Crippen molar-refractivity contribution in [2.75, 3.05) is 13.7 Å². The predicted octanol–water partition coefficient (Wildman–Crippen LogP) is 1.61. The molecule has 6 heteroatoms. The molecule has 0 unspecified atom stereocenters. The van der Waals surface area contributed by atoms with Gasteiger partial charge in [0.2, 0.25) is 0 Å². The molecule has 2 rings (SSSR count). The van der Waals surface area contributed by atoms with Crippen LogP contribution in [0.2, 0.25) is 0 Å². The normalized spacial score (nSPS) is 29.8. The molecular formula is C15H22N2O4. The van der Waals surface area contributed by atoms with Gasteiger partial charge in [-0.1, -0.05) is 13.0 Å². The van der Waals surface area contributed by atoms with Gasteiger partial charge in [-0.2, -0.15) is 0 Å². The summed E-state index contributed by atoms with van der Waals surface area (Å²) in [5.41, 5.74) is -0.340. The number of methoxy groups -OCH3 is 1. The lowest BCUT2D eigenvalue weighted by molar-refractivity contribution is -0.136. The maximum absolute atomic E-state index is 12.5. The summed E-state index contributed by atoms with van der Waals surface area (Å²) < 4.78 is 4.59. The van der Waals surface area contributed by atoms with Crippen molar-refractivity contribution in [3.8, 4) is 0 Å². The molecule has 2 aliphatic rings. The minimum atomic E-state index is -0.726. The number of amides is 3. The van der Waals surface area contributed by atoms with E-state index in [0.717, 1.165) is 12.8 Å². The quantitative estimate of drug-likeness (QED) is 0.487. The Hall–Kier alpha value is -1.85. The molecule has 2 fully saturated rings. The number of hydrogen-bond donors (Lipinski definition) is 1. The average molecular weight is 294 g/mol. The first-order valence-corrected chi connectivity index (χ1v) is 7.29. The van der Waals surface area contributed by atoms with E-state index in [2.05, 4.69) is 17.0 Å². The number of nitrogens with zero attached hydrogens (tertiary/aromatic N) is 1. The molecule has 116 valence electrons. The Morgan fingerprint density at radius 3 is 2.62 bits per heavy atom. The van der Waals surface area contributed by atoms with Crippen LogP contribution in [0.5, 0.6) is 0 Å². The van der Waals surface area contributed by atoms with Gasteiger partial charge in [-0.3, -0.25) is 9.69 Å². The largest absolute Gasteiger partial charge is 0.466 e. The Balaban J connectivity index is 2.07. The van der Waals surface area contributed by atoms with Gasteiger partial charge in [0.05, 0.1) is 7.11 Å². The van der Waals surface area contributed by atoms with E-state index in [1.807, 2.05) is 0 Å². The summed E-state index contributed by atoms with van der Waals surface area (Å²) in [6.07, 6.45) is 4.81. The van der Waals surface area contributed by atoms with Crippen LogP contribution in [0.25, 0.3) is 0 Å². The zero-order valence-electron chi connectivity index (χ0n) is 12.8. The molecule has 0 atom stereocenters. The molecular weight excluding hydrogens is 272 g/mol. The first-order chi connectivity index (χ1) is 9.89. The van der Waals surface area contributed by atoms with Gasteiger partial charge >= 0.3 is 12.0 Å².